The first-order valence-corrected chi connectivity index (χ1v) is 11.0. The van der Waals surface area contributed by atoms with Gasteiger partial charge in [-0.15, -0.1) is 0 Å². The van der Waals surface area contributed by atoms with Crippen LogP contribution in [0.1, 0.15) is 31.4 Å². The van der Waals surface area contributed by atoms with E-state index in [9.17, 15) is 14.4 Å². The average molecular weight is 524 g/mol. The first kappa shape index (κ1) is 25.4. The Bertz CT molecular complexity index is 1030. The van der Waals surface area contributed by atoms with Crippen molar-refractivity contribution in [1.82, 2.24) is 10.7 Å². The van der Waals surface area contributed by atoms with E-state index in [1.165, 1.54) is 6.21 Å². The molecule has 3 N–H and O–H groups in total. The van der Waals surface area contributed by atoms with E-state index in [0.717, 1.165) is 10.0 Å². The molecule has 1 atom stereocenters. The molecule has 0 aromatic heterocycles. The fourth-order valence-corrected chi connectivity index (χ4v) is 2.96. The minimum atomic E-state index is -0.879. The van der Waals surface area contributed by atoms with Gasteiger partial charge in [0.25, 0.3) is 5.91 Å². The molecule has 32 heavy (non-hydrogen) atoms. The maximum atomic E-state index is 12.3. The molecule has 2 rings (SSSR count). The first-order valence-electron chi connectivity index (χ1n) is 9.81. The van der Waals surface area contributed by atoms with Crippen LogP contribution in [0.15, 0.2) is 46.0 Å². The molecule has 170 valence electrons. The second kappa shape index (κ2) is 12.2. The maximum Gasteiger partial charge on any atom is 0.329 e. The molecule has 0 saturated carbocycles. The summed E-state index contributed by atoms with van der Waals surface area (Å²) < 4.78 is 6.36. The summed E-state index contributed by atoms with van der Waals surface area (Å²) in [5.41, 5.74) is 4.13. The van der Waals surface area contributed by atoms with Gasteiger partial charge in [-0.3, -0.25) is 14.4 Å². The van der Waals surface area contributed by atoms with E-state index in [1.807, 2.05) is 13.8 Å². The topological polar surface area (TPSA) is 109 Å². The Labute approximate surface area is 199 Å². The van der Waals surface area contributed by atoms with Crippen molar-refractivity contribution in [1.29, 1.82) is 0 Å². The van der Waals surface area contributed by atoms with Crippen molar-refractivity contribution in [2.75, 3.05) is 11.9 Å². The molecule has 0 saturated heterocycles. The standard InChI is InChI=1S/C22H24BrClN4O4/c1-4-14(3)26-21(30)22(31)28-25-11-15-9-16(23)6-8-19(15)32-12-20(29)27-18-10-17(24)7-5-13(18)2/h5-11,14H,4,12H2,1-3H3,(H,26,30)(H,27,29)(H,28,31)/b25-11-/t14-/m0/s1. The van der Waals surface area contributed by atoms with Crippen LogP contribution in [0.5, 0.6) is 5.75 Å². The number of aryl methyl sites for hydroxylation is 1. The minimum Gasteiger partial charge on any atom is -0.483 e. The second-order valence-corrected chi connectivity index (χ2v) is 8.31. The zero-order valence-corrected chi connectivity index (χ0v) is 20.2. The third kappa shape index (κ3) is 7.97. The minimum absolute atomic E-state index is 0.121. The number of nitrogens with one attached hydrogen (secondary N) is 3. The van der Waals surface area contributed by atoms with Crippen LogP contribution in [0.25, 0.3) is 0 Å². The van der Waals surface area contributed by atoms with Crippen LogP contribution in [0.2, 0.25) is 5.02 Å². The van der Waals surface area contributed by atoms with Crippen molar-refractivity contribution in [2.45, 2.75) is 33.2 Å². The third-order valence-electron chi connectivity index (χ3n) is 4.37. The predicted octanol–water partition coefficient (Wildman–Crippen LogP) is 3.79. The van der Waals surface area contributed by atoms with Gasteiger partial charge in [-0.25, -0.2) is 5.43 Å². The Kier molecular flexibility index (Phi) is 9.67. The lowest BCUT2D eigenvalue weighted by molar-refractivity contribution is -0.139. The zero-order valence-electron chi connectivity index (χ0n) is 17.9. The number of nitrogens with zero attached hydrogens (tertiary/aromatic N) is 1. The molecule has 0 fully saturated rings. The summed E-state index contributed by atoms with van der Waals surface area (Å²) in [6, 6.07) is 10.2. The number of ether oxygens (including phenoxy) is 1. The van der Waals surface area contributed by atoms with E-state index < -0.39 is 11.8 Å². The summed E-state index contributed by atoms with van der Waals surface area (Å²) in [5.74, 6) is -1.64. The number of amides is 3. The lowest BCUT2D eigenvalue weighted by atomic mass is 10.2. The Balaban J connectivity index is 1.99. The number of hydrogen-bond donors (Lipinski definition) is 3. The zero-order chi connectivity index (χ0) is 23.7. The molecular weight excluding hydrogens is 500 g/mol. The Hall–Kier alpha value is -2.91. The summed E-state index contributed by atoms with van der Waals surface area (Å²) in [4.78, 5) is 35.9. The lowest BCUT2D eigenvalue weighted by Crippen LogP contribution is -2.41. The molecule has 2 aromatic carbocycles. The molecule has 0 bridgehead atoms. The van der Waals surface area contributed by atoms with Gasteiger partial charge in [0.2, 0.25) is 0 Å². The van der Waals surface area contributed by atoms with Crippen molar-refractivity contribution in [3.05, 3.63) is 57.0 Å². The largest absolute Gasteiger partial charge is 0.483 e. The number of anilines is 1. The number of halogens is 2. The van der Waals surface area contributed by atoms with Crippen LogP contribution in [0.3, 0.4) is 0 Å². The van der Waals surface area contributed by atoms with Crippen LogP contribution in [0.4, 0.5) is 5.69 Å². The summed E-state index contributed by atoms with van der Waals surface area (Å²) in [7, 11) is 0. The van der Waals surface area contributed by atoms with Gasteiger partial charge in [0.15, 0.2) is 6.61 Å². The summed E-state index contributed by atoms with van der Waals surface area (Å²) >= 11 is 9.33. The molecule has 2 aromatic rings. The second-order valence-electron chi connectivity index (χ2n) is 6.96. The highest BCUT2D eigenvalue weighted by molar-refractivity contribution is 9.10. The molecule has 0 aliphatic heterocycles. The van der Waals surface area contributed by atoms with E-state index in [2.05, 4.69) is 37.1 Å². The number of carbonyl (C=O) groups excluding carboxylic acids is 3. The van der Waals surface area contributed by atoms with Gasteiger partial charge in [-0.1, -0.05) is 40.5 Å². The van der Waals surface area contributed by atoms with Crippen LogP contribution >= 0.6 is 27.5 Å². The Morgan fingerprint density at radius 3 is 2.66 bits per heavy atom. The van der Waals surface area contributed by atoms with E-state index in [1.54, 1.807) is 43.3 Å². The number of hydrogen-bond acceptors (Lipinski definition) is 5. The average Bonchev–Trinajstić information content (AvgIpc) is 2.75. The number of hydrazone groups is 1. The van der Waals surface area contributed by atoms with Gasteiger partial charge < -0.3 is 15.4 Å². The van der Waals surface area contributed by atoms with Gasteiger partial charge in [0, 0.05) is 26.8 Å². The smallest absolute Gasteiger partial charge is 0.329 e. The molecule has 0 radical (unpaired) electrons. The van der Waals surface area contributed by atoms with E-state index in [0.29, 0.717) is 28.4 Å². The summed E-state index contributed by atoms with van der Waals surface area (Å²) in [6.07, 6.45) is 2.03. The Morgan fingerprint density at radius 2 is 1.94 bits per heavy atom. The van der Waals surface area contributed by atoms with Gasteiger partial charge in [0.05, 0.1) is 6.21 Å². The SMILES string of the molecule is CC[C@H](C)NC(=O)C(=O)N/N=C\c1cc(Br)ccc1OCC(=O)Nc1cc(Cl)ccc1C. The molecule has 0 heterocycles. The van der Waals surface area contributed by atoms with Crippen molar-refractivity contribution in [3.8, 4) is 5.75 Å². The fraction of sp³-hybridized carbons (Fsp3) is 0.273. The van der Waals surface area contributed by atoms with Crippen molar-refractivity contribution in [3.63, 3.8) is 0 Å². The van der Waals surface area contributed by atoms with Gasteiger partial charge in [-0.2, -0.15) is 5.10 Å². The highest BCUT2D eigenvalue weighted by atomic mass is 79.9. The number of rotatable bonds is 8. The van der Waals surface area contributed by atoms with Crippen LogP contribution in [0, 0.1) is 6.92 Å². The molecule has 0 spiro atoms. The normalized spacial score (nSPS) is 11.7. The van der Waals surface area contributed by atoms with Crippen molar-refractivity contribution >= 4 is 57.2 Å². The molecule has 0 aliphatic carbocycles. The van der Waals surface area contributed by atoms with Crippen LogP contribution in [-0.2, 0) is 14.4 Å². The monoisotopic (exact) mass is 522 g/mol. The quantitative estimate of drug-likeness (QED) is 0.278. The first-order chi connectivity index (χ1) is 15.2. The highest BCUT2D eigenvalue weighted by Gasteiger charge is 2.14. The lowest BCUT2D eigenvalue weighted by Gasteiger charge is -2.12. The van der Waals surface area contributed by atoms with E-state index in [4.69, 9.17) is 16.3 Å². The van der Waals surface area contributed by atoms with E-state index in [-0.39, 0.29) is 18.6 Å². The molecule has 10 heteroatoms. The Morgan fingerprint density at radius 1 is 1.19 bits per heavy atom. The number of benzene rings is 2. The molecule has 0 unspecified atom stereocenters. The van der Waals surface area contributed by atoms with Crippen LogP contribution < -0.4 is 20.8 Å². The fourth-order valence-electron chi connectivity index (χ4n) is 2.41. The summed E-state index contributed by atoms with van der Waals surface area (Å²) in [5, 5.41) is 9.62. The van der Waals surface area contributed by atoms with Gasteiger partial charge in [-0.05, 0) is 56.2 Å². The van der Waals surface area contributed by atoms with Gasteiger partial charge >= 0.3 is 11.8 Å². The van der Waals surface area contributed by atoms with Gasteiger partial charge in [0.1, 0.15) is 5.75 Å². The van der Waals surface area contributed by atoms with Crippen molar-refractivity contribution in [2.24, 2.45) is 5.10 Å². The highest BCUT2D eigenvalue weighted by Crippen LogP contribution is 2.23. The molecule has 0 aliphatic rings. The third-order valence-corrected chi connectivity index (χ3v) is 5.10. The molecule has 3 amide bonds. The van der Waals surface area contributed by atoms with E-state index >= 15 is 0 Å². The summed E-state index contributed by atoms with van der Waals surface area (Å²) in [6.45, 7) is 5.29. The predicted molar refractivity (Wildman–Crippen MR) is 128 cm³/mol. The molecular formula is C22H24BrClN4O4. The van der Waals surface area contributed by atoms with Crippen molar-refractivity contribution < 1.29 is 19.1 Å². The molecule has 8 nitrogen and oxygen atoms in total. The maximum absolute atomic E-state index is 12.3. The number of carbonyl (C=O) groups is 3. The van der Waals surface area contributed by atoms with Crippen LogP contribution in [-0.4, -0.2) is 36.6 Å².